The number of hydrogen-bond donors (Lipinski definition) is 0. The van der Waals surface area contributed by atoms with E-state index in [2.05, 4.69) is 77.2 Å². The second-order valence-electron chi connectivity index (χ2n) is 7.07. The average molecular weight is 318 g/mol. The second kappa shape index (κ2) is 6.82. The van der Waals surface area contributed by atoms with Crippen molar-refractivity contribution in [2.75, 3.05) is 13.6 Å². The Labute approximate surface area is 144 Å². The average Bonchev–Trinajstić information content (AvgIpc) is 3.17. The normalized spacial score (nSPS) is 18.5. The zero-order valence-electron chi connectivity index (χ0n) is 14.5. The third-order valence-corrected chi connectivity index (χ3v) is 5.48. The van der Waals surface area contributed by atoms with E-state index in [1.807, 2.05) is 0 Å². The number of nitrogens with zero attached hydrogens (tertiary/aromatic N) is 2. The molecule has 2 heteroatoms. The minimum atomic E-state index is 0.746. The number of fused-ring (bicyclic) bond motifs is 1. The zero-order chi connectivity index (χ0) is 16.4. The van der Waals surface area contributed by atoms with Crippen LogP contribution in [0.4, 0.5) is 0 Å². The van der Waals surface area contributed by atoms with Crippen molar-refractivity contribution in [3.63, 3.8) is 0 Å². The molecule has 2 nitrogen and oxygen atoms in total. The Balaban J connectivity index is 1.62. The maximum Gasteiger partial charge on any atom is 0.0482 e. The molecule has 0 saturated carbocycles. The highest BCUT2D eigenvalue weighted by Gasteiger charge is 2.21. The highest BCUT2D eigenvalue weighted by atomic mass is 15.1. The Morgan fingerprint density at radius 1 is 1.00 bits per heavy atom. The highest BCUT2D eigenvalue weighted by molar-refractivity contribution is 5.81. The van der Waals surface area contributed by atoms with Crippen LogP contribution in [0, 0.1) is 0 Å². The van der Waals surface area contributed by atoms with Crippen molar-refractivity contribution >= 4 is 10.9 Å². The molecule has 0 aliphatic carbocycles. The lowest BCUT2D eigenvalue weighted by Crippen LogP contribution is -2.26. The molecule has 1 unspecified atom stereocenters. The molecule has 24 heavy (non-hydrogen) atoms. The molecule has 4 rings (SSSR count). The lowest BCUT2D eigenvalue weighted by Gasteiger charge is -2.20. The molecule has 1 atom stereocenters. The summed E-state index contributed by atoms with van der Waals surface area (Å²) in [6.45, 7) is 2.37. The van der Waals surface area contributed by atoms with Crippen LogP contribution in [0.3, 0.4) is 0 Å². The summed E-state index contributed by atoms with van der Waals surface area (Å²) in [5, 5.41) is 1.36. The Morgan fingerprint density at radius 3 is 2.58 bits per heavy atom. The molecule has 3 aromatic rings. The van der Waals surface area contributed by atoms with Crippen molar-refractivity contribution in [1.29, 1.82) is 0 Å². The van der Waals surface area contributed by atoms with E-state index in [4.69, 9.17) is 0 Å². The zero-order valence-corrected chi connectivity index (χ0v) is 14.5. The summed E-state index contributed by atoms with van der Waals surface area (Å²) in [5.74, 6) is 0. The van der Waals surface area contributed by atoms with Gasteiger partial charge in [-0.25, -0.2) is 0 Å². The number of likely N-dealkylation sites (tertiary alicyclic amines) is 1. The third-order valence-electron chi connectivity index (χ3n) is 5.48. The van der Waals surface area contributed by atoms with Gasteiger partial charge >= 0.3 is 0 Å². The molecule has 124 valence electrons. The van der Waals surface area contributed by atoms with Crippen LogP contribution in [0.25, 0.3) is 10.9 Å². The minimum Gasteiger partial charge on any atom is -0.344 e. The van der Waals surface area contributed by atoms with Crippen LogP contribution in [0.2, 0.25) is 0 Å². The number of hydrogen-bond acceptors (Lipinski definition) is 1. The molecule has 1 fully saturated rings. The standard InChI is InChI=1S/C22H26N2/c1-23-14-7-11-20(23)13-15-24-21(16-18-8-3-2-4-9-18)17-19-10-5-6-12-22(19)24/h2-6,8-10,12,17,20H,7,11,13-16H2,1H3. The summed E-state index contributed by atoms with van der Waals surface area (Å²) in [6.07, 6.45) is 4.96. The Morgan fingerprint density at radius 2 is 1.79 bits per heavy atom. The van der Waals surface area contributed by atoms with Crippen molar-refractivity contribution < 1.29 is 0 Å². The van der Waals surface area contributed by atoms with E-state index in [9.17, 15) is 0 Å². The molecule has 0 radical (unpaired) electrons. The summed E-state index contributed by atoms with van der Waals surface area (Å²) in [6, 6.07) is 22.7. The summed E-state index contributed by atoms with van der Waals surface area (Å²) >= 11 is 0. The van der Waals surface area contributed by atoms with E-state index in [0.717, 1.165) is 19.0 Å². The first-order valence-electron chi connectivity index (χ1n) is 9.12. The van der Waals surface area contributed by atoms with Gasteiger partial charge in [-0.15, -0.1) is 0 Å². The topological polar surface area (TPSA) is 8.17 Å². The van der Waals surface area contributed by atoms with Crippen LogP contribution < -0.4 is 0 Å². The maximum atomic E-state index is 2.55. The number of rotatable bonds is 5. The van der Waals surface area contributed by atoms with E-state index in [-0.39, 0.29) is 0 Å². The van der Waals surface area contributed by atoms with E-state index in [0.29, 0.717) is 0 Å². The van der Waals surface area contributed by atoms with Gasteiger partial charge in [0.05, 0.1) is 0 Å². The van der Waals surface area contributed by atoms with Gasteiger partial charge in [0.15, 0.2) is 0 Å². The number of benzene rings is 2. The molecule has 0 amide bonds. The molecule has 1 saturated heterocycles. The van der Waals surface area contributed by atoms with Crippen molar-refractivity contribution in [1.82, 2.24) is 9.47 Å². The first-order chi connectivity index (χ1) is 11.8. The molecular weight excluding hydrogens is 292 g/mol. The van der Waals surface area contributed by atoms with Crippen molar-refractivity contribution in [2.24, 2.45) is 0 Å². The Bertz CT molecular complexity index is 803. The molecule has 1 aliphatic heterocycles. The number of aryl methyl sites for hydroxylation is 1. The van der Waals surface area contributed by atoms with Gasteiger partial charge in [-0.05, 0) is 55.9 Å². The molecule has 2 heterocycles. The summed E-state index contributed by atoms with van der Waals surface area (Å²) in [5.41, 5.74) is 4.20. The van der Waals surface area contributed by atoms with E-state index >= 15 is 0 Å². The number of para-hydroxylation sites is 1. The van der Waals surface area contributed by atoms with Crippen molar-refractivity contribution in [3.8, 4) is 0 Å². The van der Waals surface area contributed by atoms with Gasteiger partial charge in [0.2, 0.25) is 0 Å². The first-order valence-corrected chi connectivity index (χ1v) is 9.12. The highest BCUT2D eigenvalue weighted by Crippen LogP contribution is 2.25. The van der Waals surface area contributed by atoms with Gasteiger partial charge < -0.3 is 9.47 Å². The molecular formula is C22H26N2. The molecule has 2 aromatic carbocycles. The first kappa shape index (κ1) is 15.5. The molecule has 1 aromatic heterocycles. The van der Waals surface area contributed by atoms with Gasteiger partial charge in [-0.2, -0.15) is 0 Å². The van der Waals surface area contributed by atoms with E-state index < -0.39 is 0 Å². The van der Waals surface area contributed by atoms with Crippen molar-refractivity contribution in [3.05, 3.63) is 71.9 Å². The minimum absolute atomic E-state index is 0.746. The fraction of sp³-hybridized carbons (Fsp3) is 0.364. The quantitative estimate of drug-likeness (QED) is 0.661. The van der Waals surface area contributed by atoms with Crippen LogP contribution in [-0.4, -0.2) is 29.1 Å². The number of aromatic nitrogens is 1. The van der Waals surface area contributed by atoms with Gasteiger partial charge in [0, 0.05) is 30.2 Å². The van der Waals surface area contributed by atoms with Crippen LogP contribution >= 0.6 is 0 Å². The molecule has 0 bridgehead atoms. The largest absolute Gasteiger partial charge is 0.344 e. The lowest BCUT2D eigenvalue weighted by atomic mass is 10.1. The van der Waals surface area contributed by atoms with Crippen molar-refractivity contribution in [2.45, 2.75) is 38.3 Å². The summed E-state index contributed by atoms with van der Waals surface area (Å²) < 4.78 is 2.55. The van der Waals surface area contributed by atoms with E-state index in [1.54, 1.807) is 0 Å². The Hall–Kier alpha value is -2.06. The predicted octanol–water partition coefficient (Wildman–Crippen LogP) is 4.72. The van der Waals surface area contributed by atoms with E-state index in [1.165, 1.54) is 48.0 Å². The fourth-order valence-electron chi connectivity index (χ4n) is 4.11. The van der Waals surface area contributed by atoms with Crippen LogP contribution in [0.5, 0.6) is 0 Å². The molecule has 1 aliphatic rings. The van der Waals surface area contributed by atoms with Crippen LogP contribution in [0.1, 0.15) is 30.5 Å². The van der Waals surface area contributed by atoms with Crippen LogP contribution in [-0.2, 0) is 13.0 Å². The second-order valence-corrected chi connectivity index (χ2v) is 7.07. The lowest BCUT2D eigenvalue weighted by molar-refractivity contribution is 0.286. The SMILES string of the molecule is CN1CCCC1CCn1c(Cc2ccccc2)cc2ccccc21. The van der Waals surface area contributed by atoms with Gasteiger partial charge in [-0.3, -0.25) is 0 Å². The third kappa shape index (κ3) is 3.11. The van der Waals surface area contributed by atoms with Gasteiger partial charge in [-0.1, -0.05) is 48.5 Å². The Kier molecular flexibility index (Phi) is 4.40. The fourth-order valence-corrected chi connectivity index (χ4v) is 4.11. The summed E-state index contributed by atoms with van der Waals surface area (Å²) in [7, 11) is 2.27. The molecule has 0 spiro atoms. The monoisotopic (exact) mass is 318 g/mol. The smallest absolute Gasteiger partial charge is 0.0482 e. The predicted molar refractivity (Wildman–Crippen MR) is 101 cm³/mol. The molecule has 0 N–H and O–H groups in total. The van der Waals surface area contributed by atoms with Gasteiger partial charge in [0.25, 0.3) is 0 Å². The van der Waals surface area contributed by atoms with Gasteiger partial charge in [0.1, 0.15) is 0 Å². The summed E-state index contributed by atoms with van der Waals surface area (Å²) in [4.78, 5) is 2.53. The van der Waals surface area contributed by atoms with Crippen LogP contribution in [0.15, 0.2) is 60.7 Å². The maximum absolute atomic E-state index is 2.55.